The molecule has 1 aliphatic carbocycles. The normalized spacial score (nSPS) is 11.7. The zero-order valence-electron chi connectivity index (χ0n) is 27.8. The van der Waals surface area contributed by atoms with E-state index in [-0.39, 0.29) is 5.92 Å². The van der Waals surface area contributed by atoms with Crippen molar-refractivity contribution in [1.82, 2.24) is 0 Å². The van der Waals surface area contributed by atoms with E-state index in [1.807, 2.05) is 0 Å². The van der Waals surface area contributed by atoms with Crippen molar-refractivity contribution in [3.63, 3.8) is 0 Å². The van der Waals surface area contributed by atoms with Crippen molar-refractivity contribution in [2.45, 2.75) is 12.3 Å². The molecule has 0 unspecified atom stereocenters. The van der Waals surface area contributed by atoms with Crippen molar-refractivity contribution in [1.29, 1.82) is 0 Å². The minimum absolute atomic E-state index is 0.111. The average molecular weight is 637 g/mol. The third kappa shape index (κ3) is 5.27. The number of rotatable bonds is 7. The summed E-state index contributed by atoms with van der Waals surface area (Å²) in [5, 5.41) is 0. The number of hydrogen-bond acceptors (Lipinski definition) is 0. The van der Waals surface area contributed by atoms with Gasteiger partial charge in [-0.15, -0.1) is 0 Å². The molecule has 0 amide bonds. The molecule has 0 aliphatic heterocycles. The van der Waals surface area contributed by atoms with E-state index in [1.54, 1.807) is 0 Å². The van der Waals surface area contributed by atoms with Gasteiger partial charge in [0.15, 0.2) is 0 Å². The zero-order chi connectivity index (χ0) is 33.3. The predicted octanol–water partition coefficient (Wildman–Crippen LogP) is 13.1. The van der Waals surface area contributed by atoms with Gasteiger partial charge in [0.1, 0.15) is 0 Å². The molecule has 0 fully saturated rings. The lowest BCUT2D eigenvalue weighted by Gasteiger charge is -2.26. The summed E-state index contributed by atoms with van der Waals surface area (Å²) in [6.07, 6.45) is 0.889. The Bertz CT molecular complexity index is 2370. The fourth-order valence-electron chi connectivity index (χ4n) is 8.13. The second-order valence-electron chi connectivity index (χ2n) is 13.2. The van der Waals surface area contributed by atoms with Crippen LogP contribution in [0.5, 0.6) is 0 Å². The van der Waals surface area contributed by atoms with Gasteiger partial charge in [-0.25, -0.2) is 0 Å². The largest absolute Gasteiger partial charge is 0.0622 e. The highest BCUT2D eigenvalue weighted by Gasteiger charge is 2.32. The second kappa shape index (κ2) is 13.0. The summed E-state index contributed by atoms with van der Waals surface area (Å²) in [6.45, 7) is 0. The van der Waals surface area contributed by atoms with Gasteiger partial charge in [0.05, 0.1) is 0 Å². The monoisotopic (exact) mass is 636 g/mol. The Balaban J connectivity index is 1.41. The van der Waals surface area contributed by atoms with Crippen LogP contribution in [0.25, 0.3) is 55.6 Å². The van der Waals surface area contributed by atoms with E-state index in [9.17, 15) is 0 Å². The smallest absolute Gasteiger partial charge is 0.0340 e. The Labute approximate surface area is 295 Å². The molecule has 0 N–H and O–H groups in total. The summed E-state index contributed by atoms with van der Waals surface area (Å²) < 4.78 is 0. The minimum Gasteiger partial charge on any atom is -0.0622 e. The van der Waals surface area contributed by atoms with E-state index in [1.165, 1.54) is 83.5 Å². The van der Waals surface area contributed by atoms with Gasteiger partial charge >= 0.3 is 0 Å². The van der Waals surface area contributed by atoms with Crippen LogP contribution >= 0.6 is 0 Å². The van der Waals surface area contributed by atoms with Crippen LogP contribution in [-0.2, 0) is 6.42 Å². The van der Waals surface area contributed by atoms with Crippen LogP contribution in [0, 0.1) is 0 Å². The molecule has 0 atom stereocenters. The van der Waals surface area contributed by atoms with E-state index in [2.05, 4.69) is 200 Å². The van der Waals surface area contributed by atoms with Gasteiger partial charge in [-0.3, -0.25) is 0 Å². The van der Waals surface area contributed by atoms with Crippen LogP contribution in [0.3, 0.4) is 0 Å². The fraction of sp³-hybridized carbons (Fsp3) is 0.0400. The van der Waals surface area contributed by atoms with Gasteiger partial charge in [-0.05, 0) is 89.9 Å². The maximum absolute atomic E-state index is 2.46. The lowest BCUT2D eigenvalue weighted by molar-refractivity contribution is 0.978. The molecule has 0 heterocycles. The van der Waals surface area contributed by atoms with Crippen LogP contribution in [0.4, 0.5) is 0 Å². The molecular weight excluding hydrogens is 601 g/mol. The molecule has 8 aromatic rings. The molecular formula is C50H36. The Morgan fingerprint density at radius 2 is 0.700 bits per heavy atom. The highest BCUT2D eigenvalue weighted by molar-refractivity contribution is 6.11. The molecule has 0 saturated heterocycles. The van der Waals surface area contributed by atoms with Crippen LogP contribution in [0.15, 0.2) is 200 Å². The third-order valence-corrected chi connectivity index (χ3v) is 10.2. The zero-order valence-corrected chi connectivity index (χ0v) is 27.8. The number of hydrogen-bond donors (Lipinski definition) is 0. The lowest BCUT2D eigenvalue weighted by atomic mass is 9.76. The average Bonchev–Trinajstić information content (AvgIpc) is 3.58. The minimum atomic E-state index is 0.111. The van der Waals surface area contributed by atoms with E-state index in [4.69, 9.17) is 0 Å². The molecule has 0 bridgehead atoms. The van der Waals surface area contributed by atoms with Crippen LogP contribution < -0.4 is 0 Å². The van der Waals surface area contributed by atoms with Crippen molar-refractivity contribution >= 4 is 0 Å². The quantitative estimate of drug-likeness (QED) is 0.153. The fourth-order valence-corrected chi connectivity index (χ4v) is 8.13. The van der Waals surface area contributed by atoms with E-state index < -0.39 is 0 Å². The van der Waals surface area contributed by atoms with Crippen molar-refractivity contribution in [3.05, 3.63) is 228 Å². The molecule has 50 heavy (non-hydrogen) atoms. The van der Waals surface area contributed by atoms with Crippen molar-refractivity contribution in [3.8, 4) is 55.6 Å². The molecule has 0 saturated carbocycles. The summed E-state index contributed by atoms with van der Waals surface area (Å²) >= 11 is 0. The predicted molar refractivity (Wildman–Crippen MR) is 210 cm³/mol. The summed E-state index contributed by atoms with van der Waals surface area (Å²) in [5.41, 5.74) is 19.5. The Kier molecular flexibility index (Phi) is 7.76. The van der Waals surface area contributed by atoms with E-state index in [0.29, 0.717) is 0 Å². The first kappa shape index (κ1) is 29.9. The first-order valence-corrected chi connectivity index (χ1v) is 17.5. The maximum Gasteiger partial charge on any atom is 0.0340 e. The highest BCUT2D eigenvalue weighted by Crippen LogP contribution is 2.56. The van der Waals surface area contributed by atoms with Crippen LogP contribution in [-0.4, -0.2) is 0 Å². The van der Waals surface area contributed by atoms with Gasteiger partial charge in [-0.2, -0.15) is 0 Å². The number of benzene rings is 8. The van der Waals surface area contributed by atoms with Gasteiger partial charge < -0.3 is 0 Å². The highest BCUT2D eigenvalue weighted by atomic mass is 14.3. The molecule has 9 rings (SSSR count). The van der Waals surface area contributed by atoms with E-state index in [0.717, 1.165) is 6.42 Å². The Morgan fingerprint density at radius 1 is 0.300 bits per heavy atom. The van der Waals surface area contributed by atoms with E-state index >= 15 is 0 Å². The molecule has 0 nitrogen and oxygen atoms in total. The van der Waals surface area contributed by atoms with Gasteiger partial charge in [-0.1, -0.05) is 200 Å². The third-order valence-electron chi connectivity index (χ3n) is 10.2. The molecule has 236 valence electrons. The lowest BCUT2D eigenvalue weighted by Crippen LogP contribution is -2.04. The molecule has 8 aromatic carbocycles. The van der Waals surface area contributed by atoms with Crippen molar-refractivity contribution in [2.24, 2.45) is 0 Å². The molecule has 0 aromatic heterocycles. The molecule has 0 radical (unpaired) electrons. The summed E-state index contributed by atoms with van der Waals surface area (Å²) in [4.78, 5) is 0. The summed E-state index contributed by atoms with van der Waals surface area (Å²) in [7, 11) is 0. The van der Waals surface area contributed by atoms with Crippen LogP contribution in [0.1, 0.15) is 33.7 Å². The molecule has 1 aliphatic rings. The first-order valence-electron chi connectivity index (χ1n) is 17.5. The van der Waals surface area contributed by atoms with Gasteiger partial charge in [0.2, 0.25) is 0 Å². The molecule has 0 spiro atoms. The maximum atomic E-state index is 2.46. The van der Waals surface area contributed by atoms with Crippen molar-refractivity contribution < 1.29 is 0 Å². The molecule has 0 heteroatoms. The SMILES string of the molecule is c1ccc(-c2c(-c3cccc(C(c4ccccc4)c4ccccc4)c3)c3c(c(-c4ccccc4)c2-c2ccccc2)-c2ccccc2C3)cc1. The standard InChI is InChI=1S/C50H36/c1-6-19-35(20-7-1)45(36-21-8-2-9-22-36)41-30-18-31-42(33-41)46-44-34-40-29-16-17-32-43(40)50(44)49(39-27-14-5-15-28-39)48(38-25-12-4-13-26-38)47(46)37-23-10-3-11-24-37/h1-33,45H,34H2. The number of fused-ring (bicyclic) bond motifs is 3. The van der Waals surface area contributed by atoms with Gasteiger partial charge in [0, 0.05) is 5.92 Å². The summed E-state index contributed by atoms with van der Waals surface area (Å²) in [6, 6.07) is 73.4. The van der Waals surface area contributed by atoms with Crippen molar-refractivity contribution in [2.75, 3.05) is 0 Å². The summed E-state index contributed by atoms with van der Waals surface area (Å²) in [5.74, 6) is 0.111. The first-order chi connectivity index (χ1) is 24.8. The Hall–Kier alpha value is -6.24. The van der Waals surface area contributed by atoms with Crippen LogP contribution in [0.2, 0.25) is 0 Å². The second-order valence-corrected chi connectivity index (χ2v) is 13.2. The van der Waals surface area contributed by atoms with Gasteiger partial charge in [0.25, 0.3) is 0 Å². The topological polar surface area (TPSA) is 0 Å². The Morgan fingerprint density at radius 3 is 1.24 bits per heavy atom.